The molecule has 4 aliphatic heterocycles. The van der Waals surface area contributed by atoms with Crippen LogP contribution in [-0.4, -0.2) is 118 Å². The standard InChI is InChI=1S/C49H62N8O8/c1-8-55-40-14-13-30-23-34(40)35(43(55)33-11-9-16-50-41(33)28(4)64-7)24-49(5,6)26-65-48(63)37-12-10-17-57(54-37)47(62)38(21-29-19-31(30)22-32(58)20-29)53-45(60)42(27(2)3)56-18-15-36(46(56)61)52-44(59)39-25-51-39/h9,11,13-14,16,19-20,22-23,27-28,36-39,42,51,54,58H,8,10,12,15,17-18,21,24-26H2,1-7H3,(H,52,59)(H,53,60)/t28-,36+,37-,38-,39-,42?/m0/s1. The van der Waals surface area contributed by atoms with E-state index in [1.165, 1.54) is 9.91 Å². The number of aryl methyl sites for hydroxylation is 1. The van der Waals surface area contributed by atoms with Gasteiger partial charge in [-0.15, -0.1) is 0 Å². The van der Waals surface area contributed by atoms with Crippen LogP contribution in [0.15, 0.2) is 54.7 Å². The number of amides is 4. The van der Waals surface area contributed by atoms with Crippen molar-refractivity contribution < 1.29 is 38.6 Å². The number of methoxy groups -OCH3 is 1. The first-order valence-electron chi connectivity index (χ1n) is 22.9. The molecule has 16 heteroatoms. The number of cyclic esters (lactones) is 1. The fraction of sp³-hybridized carbons (Fsp3) is 0.510. The van der Waals surface area contributed by atoms with Crippen LogP contribution >= 0.6 is 0 Å². The number of pyridine rings is 1. The second-order valence-corrected chi connectivity index (χ2v) is 19.1. The number of phenols is 1. The molecular weight excluding hydrogens is 829 g/mol. The Kier molecular flexibility index (Phi) is 13.1. The molecule has 6 heterocycles. The van der Waals surface area contributed by atoms with Gasteiger partial charge in [0.05, 0.1) is 30.1 Å². The molecular formula is C49H62N8O8. The van der Waals surface area contributed by atoms with E-state index in [2.05, 4.69) is 64.9 Å². The van der Waals surface area contributed by atoms with Crippen molar-refractivity contribution in [2.75, 3.05) is 33.4 Å². The second-order valence-electron chi connectivity index (χ2n) is 19.1. The fourth-order valence-electron chi connectivity index (χ4n) is 9.76. The number of hydrogen-bond acceptors (Lipinski definition) is 11. The maximum Gasteiger partial charge on any atom is 0.324 e. The van der Waals surface area contributed by atoms with Crippen LogP contribution in [0.4, 0.5) is 0 Å². The highest BCUT2D eigenvalue weighted by molar-refractivity contribution is 5.97. The molecule has 3 fully saturated rings. The predicted molar refractivity (Wildman–Crippen MR) is 244 cm³/mol. The van der Waals surface area contributed by atoms with E-state index in [4.69, 9.17) is 14.5 Å². The topological polar surface area (TPSA) is 206 Å². The number of hydrazine groups is 1. The summed E-state index contributed by atoms with van der Waals surface area (Å²) in [5.74, 6) is -2.43. The van der Waals surface area contributed by atoms with Crippen molar-refractivity contribution in [1.29, 1.82) is 0 Å². The number of rotatable bonds is 10. The molecule has 0 aliphatic carbocycles. The number of ether oxygens (including phenoxy) is 2. The lowest BCUT2D eigenvalue weighted by Crippen LogP contribution is -2.62. The highest BCUT2D eigenvalue weighted by Crippen LogP contribution is 2.42. The number of hydrogen-bond donors (Lipinski definition) is 5. The Morgan fingerprint density at radius 3 is 2.51 bits per heavy atom. The van der Waals surface area contributed by atoms with Gasteiger partial charge < -0.3 is 40.0 Å². The minimum Gasteiger partial charge on any atom is -0.508 e. The monoisotopic (exact) mass is 890 g/mol. The average Bonchev–Trinajstić information content (AvgIpc) is 4.03. The molecule has 4 aromatic rings. The average molecular weight is 891 g/mol. The number of aromatic hydroxyl groups is 1. The summed E-state index contributed by atoms with van der Waals surface area (Å²) in [6, 6.07) is 11.5. The SMILES string of the molecule is CCn1c(-c2cccnc2[C@H](C)OC)c2c3cc(ccc31)-c1cc(O)cc(c1)C[C@H](NC(=O)C(C(C)C)N1CC[C@@H](NC(=O)[C@@H]3CN3)C1=O)C(=O)N1CCC[C@H](N1)C(=O)OCC(C)(C)C2. The van der Waals surface area contributed by atoms with E-state index >= 15 is 0 Å². The number of likely N-dealkylation sites (tertiary alicyclic amines) is 1. The van der Waals surface area contributed by atoms with Crippen LogP contribution in [0.1, 0.15) is 83.7 Å². The molecule has 8 rings (SSSR count). The normalized spacial score (nSPS) is 23.2. The number of esters is 1. The molecule has 0 radical (unpaired) electrons. The highest BCUT2D eigenvalue weighted by atomic mass is 16.5. The lowest BCUT2D eigenvalue weighted by atomic mass is 9.84. The summed E-state index contributed by atoms with van der Waals surface area (Å²) >= 11 is 0. The minimum atomic E-state index is -1.16. The maximum atomic E-state index is 14.7. The number of phenolic OH excluding ortho intramolecular Hbond substituents is 1. The quantitative estimate of drug-likeness (QED) is 0.113. The van der Waals surface area contributed by atoms with Gasteiger partial charge in [0, 0.05) is 67.8 Å². The molecule has 65 heavy (non-hydrogen) atoms. The van der Waals surface area contributed by atoms with Crippen LogP contribution in [-0.2, 0) is 52.8 Å². The number of nitrogens with one attached hydrogen (secondary N) is 4. The summed E-state index contributed by atoms with van der Waals surface area (Å²) in [5, 5.41) is 22.5. The first-order chi connectivity index (χ1) is 31.1. The number of nitrogens with zero attached hydrogens (tertiary/aromatic N) is 4. The van der Waals surface area contributed by atoms with E-state index in [0.29, 0.717) is 49.9 Å². The summed E-state index contributed by atoms with van der Waals surface area (Å²) in [6.07, 6.45) is 3.32. The van der Waals surface area contributed by atoms with Crippen LogP contribution < -0.4 is 21.4 Å². The fourth-order valence-corrected chi connectivity index (χ4v) is 9.76. The minimum absolute atomic E-state index is 0.00932. The molecule has 2 aromatic carbocycles. The van der Waals surface area contributed by atoms with Gasteiger partial charge in [0.25, 0.3) is 5.91 Å². The summed E-state index contributed by atoms with van der Waals surface area (Å²) < 4.78 is 14.2. The van der Waals surface area contributed by atoms with E-state index in [1.807, 2.05) is 39.0 Å². The molecule has 4 amide bonds. The summed E-state index contributed by atoms with van der Waals surface area (Å²) in [5.41, 5.74) is 9.53. The Bertz CT molecular complexity index is 2500. The van der Waals surface area contributed by atoms with Crippen LogP contribution in [0, 0.1) is 11.3 Å². The van der Waals surface area contributed by atoms with E-state index in [0.717, 1.165) is 39.0 Å². The molecule has 3 saturated heterocycles. The third kappa shape index (κ3) is 9.47. The van der Waals surface area contributed by atoms with Crippen LogP contribution in [0.3, 0.4) is 0 Å². The molecule has 6 bridgehead atoms. The number of benzene rings is 2. The number of carbonyl (C=O) groups excluding carboxylic acids is 5. The van der Waals surface area contributed by atoms with Gasteiger partial charge in [-0.3, -0.25) is 34.0 Å². The lowest BCUT2D eigenvalue weighted by molar-refractivity contribution is -0.155. The largest absolute Gasteiger partial charge is 0.508 e. The third-order valence-electron chi connectivity index (χ3n) is 13.2. The summed E-state index contributed by atoms with van der Waals surface area (Å²) in [6.45, 7) is 13.8. The molecule has 5 N–H and O–H groups in total. The molecule has 0 spiro atoms. The van der Waals surface area contributed by atoms with Crippen LogP contribution in [0.25, 0.3) is 33.3 Å². The zero-order valence-corrected chi connectivity index (χ0v) is 38.4. The van der Waals surface area contributed by atoms with Gasteiger partial charge in [-0.1, -0.05) is 39.8 Å². The lowest BCUT2D eigenvalue weighted by Gasteiger charge is -2.36. The molecule has 2 aromatic heterocycles. The Morgan fingerprint density at radius 2 is 1.78 bits per heavy atom. The van der Waals surface area contributed by atoms with Gasteiger partial charge in [0.15, 0.2) is 0 Å². The van der Waals surface area contributed by atoms with E-state index in [1.54, 1.807) is 25.4 Å². The van der Waals surface area contributed by atoms with E-state index in [9.17, 15) is 29.1 Å². The Morgan fingerprint density at radius 1 is 1.00 bits per heavy atom. The molecule has 16 nitrogen and oxygen atoms in total. The zero-order valence-electron chi connectivity index (χ0n) is 38.4. The van der Waals surface area contributed by atoms with Crippen molar-refractivity contribution in [2.24, 2.45) is 11.3 Å². The van der Waals surface area contributed by atoms with Crippen LogP contribution in [0.2, 0.25) is 0 Å². The number of carbonyl (C=O) groups is 5. The molecule has 4 aliphatic rings. The van der Waals surface area contributed by atoms with Gasteiger partial charge >= 0.3 is 5.97 Å². The molecule has 1 unspecified atom stereocenters. The van der Waals surface area contributed by atoms with Crippen molar-refractivity contribution in [1.82, 2.24) is 40.8 Å². The smallest absolute Gasteiger partial charge is 0.324 e. The summed E-state index contributed by atoms with van der Waals surface area (Å²) in [7, 11) is 1.67. The third-order valence-corrected chi connectivity index (χ3v) is 13.2. The van der Waals surface area contributed by atoms with Crippen LogP contribution in [0.5, 0.6) is 5.75 Å². The van der Waals surface area contributed by atoms with Crippen molar-refractivity contribution in [3.8, 4) is 28.1 Å². The van der Waals surface area contributed by atoms with Crippen molar-refractivity contribution in [2.45, 2.75) is 117 Å². The van der Waals surface area contributed by atoms with E-state index < -0.39 is 47.4 Å². The van der Waals surface area contributed by atoms with Gasteiger partial charge in [0.1, 0.15) is 29.9 Å². The van der Waals surface area contributed by atoms with Gasteiger partial charge in [0.2, 0.25) is 17.7 Å². The Labute approximate surface area is 379 Å². The second kappa shape index (κ2) is 18.6. The molecule has 346 valence electrons. The first-order valence-corrected chi connectivity index (χ1v) is 22.9. The van der Waals surface area contributed by atoms with Crippen molar-refractivity contribution >= 4 is 40.5 Å². The van der Waals surface area contributed by atoms with Gasteiger partial charge in [-0.2, -0.15) is 0 Å². The van der Waals surface area contributed by atoms with Gasteiger partial charge in [-0.05, 0) is 104 Å². The Hall–Kier alpha value is -5.84. The van der Waals surface area contributed by atoms with Crippen molar-refractivity contribution in [3.05, 3.63) is 71.5 Å². The maximum absolute atomic E-state index is 14.7. The highest BCUT2D eigenvalue weighted by Gasteiger charge is 2.44. The Balaban J connectivity index is 1.20. The molecule has 6 atom stereocenters. The first kappa shape index (κ1) is 45.7. The van der Waals surface area contributed by atoms with Gasteiger partial charge in [-0.25, -0.2) is 5.43 Å². The molecule has 0 saturated carbocycles. The number of aromatic nitrogens is 2. The van der Waals surface area contributed by atoms with Crippen molar-refractivity contribution in [3.63, 3.8) is 0 Å². The number of fused-ring (bicyclic) bond motifs is 6. The zero-order chi connectivity index (χ0) is 46.3. The summed E-state index contributed by atoms with van der Waals surface area (Å²) in [4.78, 5) is 75.6. The van der Waals surface area contributed by atoms with E-state index in [-0.39, 0.29) is 61.7 Å². The predicted octanol–water partition coefficient (Wildman–Crippen LogP) is 4.17.